The predicted octanol–water partition coefficient (Wildman–Crippen LogP) is 3.34. The molecule has 3 aromatic carbocycles. The normalized spacial score (nSPS) is 10.8. The number of aromatic nitrogens is 2. The van der Waals surface area contributed by atoms with Crippen molar-refractivity contribution in [2.45, 2.75) is 12.8 Å². The van der Waals surface area contributed by atoms with Crippen LogP contribution in [0, 0.1) is 5.82 Å². The first-order valence-corrected chi connectivity index (χ1v) is 9.98. The number of H-pyrrole nitrogens is 1. The lowest BCUT2D eigenvalue weighted by Gasteiger charge is -2.08. The molecule has 4 aromatic rings. The lowest BCUT2D eigenvalue weighted by Crippen LogP contribution is -2.20. The molecule has 162 valence electrons. The molecule has 0 unspecified atom stereocenters. The van der Waals surface area contributed by atoms with Crippen LogP contribution in [0.5, 0.6) is 5.75 Å². The van der Waals surface area contributed by atoms with Crippen LogP contribution < -0.4 is 15.8 Å². The number of nitrogens with one attached hydrogen (secondary N) is 2. The predicted molar refractivity (Wildman–Crippen MR) is 119 cm³/mol. The highest BCUT2D eigenvalue weighted by atomic mass is 19.1. The summed E-state index contributed by atoms with van der Waals surface area (Å²) < 4.78 is 19.4. The molecule has 0 atom stereocenters. The number of fused-ring (bicyclic) bond motifs is 1. The third-order valence-electron chi connectivity index (χ3n) is 4.80. The van der Waals surface area contributed by atoms with Crippen molar-refractivity contribution < 1.29 is 18.7 Å². The molecule has 7 nitrogen and oxygen atoms in total. The number of rotatable bonds is 8. The molecule has 0 aliphatic heterocycles. The molecular weight excluding hydrogens is 411 g/mol. The van der Waals surface area contributed by atoms with Crippen LogP contribution in [0.4, 0.5) is 10.1 Å². The summed E-state index contributed by atoms with van der Waals surface area (Å²) in [5.74, 6) is 0.138. The highest BCUT2D eigenvalue weighted by molar-refractivity contribution is 5.94. The second kappa shape index (κ2) is 9.30. The number of hydrogen-bond acceptors (Lipinski definition) is 4. The number of aromatic amines is 1. The molecule has 0 bridgehead atoms. The van der Waals surface area contributed by atoms with Gasteiger partial charge >= 0.3 is 0 Å². The van der Waals surface area contributed by atoms with E-state index in [1.807, 2.05) is 0 Å². The second-order valence-electron chi connectivity index (χ2n) is 7.31. The van der Waals surface area contributed by atoms with E-state index in [9.17, 15) is 14.0 Å². The average molecular weight is 432 g/mol. The van der Waals surface area contributed by atoms with Gasteiger partial charge in [0.1, 0.15) is 17.4 Å². The van der Waals surface area contributed by atoms with Crippen LogP contribution in [0.25, 0.3) is 11.0 Å². The number of primary amides is 1. The van der Waals surface area contributed by atoms with E-state index in [0.29, 0.717) is 29.2 Å². The quantitative estimate of drug-likeness (QED) is 0.397. The maximum absolute atomic E-state index is 13.9. The molecule has 0 aliphatic carbocycles. The molecule has 1 aromatic heterocycles. The van der Waals surface area contributed by atoms with E-state index in [4.69, 9.17) is 10.5 Å². The summed E-state index contributed by atoms with van der Waals surface area (Å²) in [5, 5.41) is 2.78. The Morgan fingerprint density at radius 2 is 1.84 bits per heavy atom. The van der Waals surface area contributed by atoms with Gasteiger partial charge in [0.2, 0.25) is 5.91 Å². The molecule has 32 heavy (non-hydrogen) atoms. The molecule has 1 heterocycles. The van der Waals surface area contributed by atoms with Crippen LogP contribution in [-0.4, -0.2) is 28.4 Å². The van der Waals surface area contributed by atoms with E-state index in [1.165, 1.54) is 6.07 Å². The van der Waals surface area contributed by atoms with E-state index < -0.39 is 5.91 Å². The third-order valence-corrected chi connectivity index (χ3v) is 4.80. The van der Waals surface area contributed by atoms with Gasteiger partial charge in [-0.2, -0.15) is 0 Å². The molecule has 8 heteroatoms. The third kappa shape index (κ3) is 5.28. The Labute approximate surface area is 183 Å². The van der Waals surface area contributed by atoms with Crippen LogP contribution in [-0.2, 0) is 22.4 Å². The number of amides is 2. The Hall–Kier alpha value is -4.20. The molecule has 0 aliphatic rings. The summed E-state index contributed by atoms with van der Waals surface area (Å²) >= 11 is 0. The van der Waals surface area contributed by atoms with Gasteiger partial charge in [-0.3, -0.25) is 9.59 Å². The van der Waals surface area contributed by atoms with Gasteiger partial charge in [0.05, 0.1) is 17.5 Å². The smallest absolute Gasteiger partial charge is 0.262 e. The van der Waals surface area contributed by atoms with Gasteiger partial charge in [0.15, 0.2) is 6.61 Å². The monoisotopic (exact) mass is 432 g/mol. The number of anilines is 1. The van der Waals surface area contributed by atoms with Crippen molar-refractivity contribution in [2.24, 2.45) is 5.73 Å². The van der Waals surface area contributed by atoms with E-state index in [-0.39, 0.29) is 24.8 Å². The molecule has 0 saturated carbocycles. The maximum atomic E-state index is 13.9. The minimum Gasteiger partial charge on any atom is -0.484 e. The van der Waals surface area contributed by atoms with Crippen LogP contribution in [0.3, 0.4) is 0 Å². The Balaban J connectivity index is 1.35. The molecule has 2 amide bonds. The van der Waals surface area contributed by atoms with Gasteiger partial charge < -0.3 is 20.8 Å². The van der Waals surface area contributed by atoms with Crippen molar-refractivity contribution in [2.75, 3.05) is 11.9 Å². The molecule has 4 N–H and O–H groups in total. The Kier molecular flexibility index (Phi) is 6.12. The first kappa shape index (κ1) is 21.0. The first-order valence-electron chi connectivity index (χ1n) is 9.98. The number of hydrogen-bond donors (Lipinski definition) is 3. The summed E-state index contributed by atoms with van der Waals surface area (Å²) in [4.78, 5) is 30.8. The highest BCUT2D eigenvalue weighted by Gasteiger charge is 2.09. The largest absolute Gasteiger partial charge is 0.484 e. The van der Waals surface area contributed by atoms with Gasteiger partial charge in [-0.15, -0.1) is 0 Å². The summed E-state index contributed by atoms with van der Waals surface area (Å²) in [6.07, 6.45) is 0.494. The van der Waals surface area contributed by atoms with Crippen molar-refractivity contribution in [3.05, 3.63) is 89.5 Å². The van der Waals surface area contributed by atoms with E-state index in [1.54, 1.807) is 60.7 Å². The fourth-order valence-corrected chi connectivity index (χ4v) is 3.30. The Morgan fingerprint density at radius 1 is 1.06 bits per heavy atom. The fraction of sp³-hybridized carbons (Fsp3) is 0.125. The molecule has 0 spiro atoms. The number of ether oxygens (including phenoxy) is 1. The van der Waals surface area contributed by atoms with Gasteiger partial charge in [0, 0.05) is 12.1 Å². The topological polar surface area (TPSA) is 110 Å². The number of halogens is 1. The van der Waals surface area contributed by atoms with Gasteiger partial charge in [-0.05, 0) is 47.5 Å². The zero-order chi connectivity index (χ0) is 22.5. The zero-order valence-corrected chi connectivity index (χ0v) is 17.1. The zero-order valence-electron chi connectivity index (χ0n) is 17.1. The number of nitrogens with two attached hydrogens (primary N) is 1. The van der Waals surface area contributed by atoms with Crippen LogP contribution in [0.15, 0.2) is 66.7 Å². The number of carbonyl (C=O) groups excluding carboxylic acids is 2. The number of carbonyl (C=O) groups is 2. The second-order valence-corrected chi connectivity index (χ2v) is 7.31. The van der Waals surface area contributed by atoms with Crippen molar-refractivity contribution in [3.8, 4) is 5.75 Å². The number of nitrogens with zero attached hydrogens (tertiary/aromatic N) is 1. The average Bonchev–Trinajstić information content (AvgIpc) is 3.16. The first-order chi connectivity index (χ1) is 15.5. The highest BCUT2D eigenvalue weighted by Crippen LogP contribution is 2.20. The fourth-order valence-electron chi connectivity index (χ4n) is 3.30. The minimum atomic E-state index is -0.411. The summed E-state index contributed by atoms with van der Waals surface area (Å²) in [6.45, 7) is -0.172. The minimum absolute atomic E-state index is 0.152. The standard InChI is InChI=1S/C24H21FN4O3/c25-19-4-2-1-3-16(19)12-23-28-20-10-7-17(13-21(20)29-23)27-24(31)14-32-18-8-5-15(6-9-18)11-22(26)30/h1-10,13H,11-12,14H2,(H2,26,30)(H,27,31)(H,28,29). The van der Waals surface area contributed by atoms with Crippen LogP contribution in [0.1, 0.15) is 17.0 Å². The lowest BCUT2D eigenvalue weighted by molar-refractivity contribution is -0.118. The molecular formula is C24H21FN4O3. The Morgan fingerprint density at radius 3 is 2.59 bits per heavy atom. The van der Waals surface area contributed by atoms with Crippen LogP contribution >= 0.6 is 0 Å². The SMILES string of the molecule is NC(=O)Cc1ccc(OCC(=O)Nc2ccc3nc(Cc4ccccc4F)[nH]c3c2)cc1. The van der Waals surface area contributed by atoms with Gasteiger partial charge in [-0.25, -0.2) is 9.37 Å². The summed E-state index contributed by atoms with van der Waals surface area (Å²) in [6, 6.07) is 18.7. The van der Waals surface area contributed by atoms with Crippen molar-refractivity contribution in [1.82, 2.24) is 9.97 Å². The van der Waals surface area contributed by atoms with Gasteiger partial charge in [-0.1, -0.05) is 30.3 Å². The van der Waals surface area contributed by atoms with Crippen LogP contribution in [0.2, 0.25) is 0 Å². The lowest BCUT2D eigenvalue weighted by atomic mass is 10.1. The van der Waals surface area contributed by atoms with E-state index in [0.717, 1.165) is 16.6 Å². The van der Waals surface area contributed by atoms with Gasteiger partial charge in [0.25, 0.3) is 5.91 Å². The van der Waals surface area contributed by atoms with Crippen molar-refractivity contribution in [3.63, 3.8) is 0 Å². The molecule has 0 fully saturated rings. The summed E-state index contributed by atoms with van der Waals surface area (Å²) in [5.41, 5.74) is 8.54. The van der Waals surface area contributed by atoms with E-state index >= 15 is 0 Å². The molecule has 0 saturated heterocycles. The maximum Gasteiger partial charge on any atom is 0.262 e. The number of imidazole rings is 1. The molecule has 4 rings (SSSR count). The summed E-state index contributed by atoms with van der Waals surface area (Å²) in [7, 11) is 0. The van der Waals surface area contributed by atoms with Crippen molar-refractivity contribution in [1.29, 1.82) is 0 Å². The Bertz CT molecular complexity index is 1270. The molecule has 0 radical (unpaired) electrons. The van der Waals surface area contributed by atoms with Crippen molar-refractivity contribution >= 4 is 28.5 Å². The van der Waals surface area contributed by atoms with E-state index in [2.05, 4.69) is 15.3 Å². The number of benzene rings is 3.